The number of halogens is 8. The third-order valence-electron chi connectivity index (χ3n) is 6.61. The van der Waals surface area contributed by atoms with E-state index < -0.39 is 69.2 Å². The van der Waals surface area contributed by atoms with Crippen LogP contribution in [0.1, 0.15) is 38.4 Å². The summed E-state index contributed by atoms with van der Waals surface area (Å²) in [5.41, 5.74) is -10.8. The molecule has 2 aromatic heterocycles. The van der Waals surface area contributed by atoms with Crippen LogP contribution in [-0.2, 0) is 36.1 Å². The van der Waals surface area contributed by atoms with Crippen molar-refractivity contribution in [2.24, 2.45) is 25.1 Å². The maximum absolute atomic E-state index is 14.3. The third-order valence-corrected chi connectivity index (χ3v) is 6.61. The Balaban J connectivity index is 0.000000342. The van der Waals surface area contributed by atoms with Crippen LogP contribution in [-0.4, -0.2) is 45.0 Å². The Hall–Kier alpha value is -6.72. The monoisotopic (exact) mass is 758 g/mol. The van der Waals surface area contributed by atoms with Gasteiger partial charge in [-0.1, -0.05) is 5.16 Å². The molecule has 0 aliphatic carbocycles. The Morgan fingerprint density at radius 3 is 1.40 bits per heavy atom. The van der Waals surface area contributed by atoms with E-state index in [1.54, 1.807) is 12.1 Å². The molecule has 0 radical (unpaired) electrons. The Labute approximate surface area is 289 Å². The molecule has 2 heterocycles. The van der Waals surface area contributed by atoms with Gasteiger partial charge in [0.1, 0.15) is 30.1 Å². The van der Waals surface area contributed by atoms with E-state index in [1.807, 2.05) is 0 Å². The van der Waals surface area contributed by atoms with E-state index in [-0.39, 0.29) is 58.9 Å². The quantitative estimate of drug-likeness (QED) is 0.136. The number of benzene rings is 2. The van der Waals surface area contributed by atoms with Crippen LogP contribution >= 0.6 is 0 Å². The topological polar surface area (TPSA) is 209 Å². The van der Waals surface area contributed by atoms with Gasteiger partial charge >= 0.3 is 23.7 Å². The first-order valence-electron chi connectivity index (χ1n) is 13.7. The average Bonchev–Trinajstić information content (AvgIpc) is 3.08. The zero-order chi connectivity index (χ0) is 40.6. The molecule has 0 amide bonds. The first-order chi connectivity index (χ1) is 24.6. The number of alkyl halides is 6. The van der Waals surface area contributed by atoms with E-state index in [1.165, 1.54) is 14.2 Å². The lowest BCUT2D eigenvalue weighted by Crippen LogP contribution is -2.41. The molecule has 53 heavy (non-hydrogen) atoms. The van der Waals surface area contributed by atoms with E-state index in [0.29, 0.717) is 6.07 Å². The van der Waals surface area contributed by atoms with Crippen LogP contribution in [0, 0.1) is 34.3 Å². The second-order valence-corrected chi connectivity index (χ2v) is 9.86. The van der Waals surface area contributed by atoms with Crippen LogP contribution in [0.4, 0.5) is 35.1 Å². The number of carbonyl (C=O) groups is 1. The molecule has 0 fully saturated rings. The molecule has 23 heteroatoms. The molecule has 2 N–H and O–H groups in total. The summed E-state index contributed by atoms with van der Waals surface area (Å²) < 4.78 is 106. The molecule has 4 aromatic rings. The fraction of sp³-hybridized carbons (Fsp3) is 0.200. The minimum Gasteiger partial charge on any atom is -0.399 e. The van der Waals surface area contributed by atoms with Gasteiger partial charge in [-0.25, -0.2) is 33.4 Å². The van der Waals surface area contributed by atoms with Crippen LogP contribution in [0.25, 0.3) is 11.4 Å². The summed E-state index contributed by atoms with van der Waals surface area (Å²) in [7, 11) is 4.18. The highest BCUT2D eigenvalue weighted by molar-refractivity contribution is 5.84. The van der Waals surface area contributed by atoms with Gasteiger partial charge in [-0.05, 0) is 24.3 Å². The van der Waals surface area contributed by atoms with Crippen LogP contribution < -0.4 is 28.4 Å². The lowest BCUT2D eigenvalue weighted by molar-refractivity contribution is -0.144. The van der Waals surface area contributed by atoms with E-state index >= 15 is 0 Å². The molecule has 4 rings (SSSR count). The second kappa shape index (κ2) is 17.0. The fourth-order valence-corrected chi connectivity index (χ4v) is 4.24. The molecule has 0 saturated carbocycles. The number of nitrogens with zero attached hydrogens (tertiary/aromatic N) is 7. The molecular weight excluding hydrogens is 736 g/mol. The molecule has 280 valence electrons. The van der Waals surface area contributed by atoms with Gasteiger partial charge in [0.15, 0.2) is 6.29 Å². The number of aldehydes is 1. The summed E-state index contributed by atoms with van der Waals surface area (Å²) in [4.78, 5) is 67.4. The second-order valence-electron chi connectivity index (χ2n) is 9.86. The molecule has 0 aliphatic heterocycles. The Bertz CT molecular complexity index is 2400. The van der Waals surface area contributed by atoms with Gasteiger partial charge in [-0.3, -0.25) is 23.5 Å². The van der Waals surface area contributed by atoms with E-state index in [0.717, 1.165) is 38.5 Å². The highest BCUT2D eigenvalue weighted by atomic mass is 19.4. The predicted molar refractivity (Wildman–Crippen MR) is 165 cm³/mol. The lowest BCUT2D eigenvalue weighted by Gasteiger charge is -2.14. The van der Waals surface area contributed by atoms with Crippen molar-refractivity contribution in [1.82, 2.24) is 18.3 Å². The van der Waals surface area contributed by atoms with Crippen LogP contribution in [0.5, 0.6) is 0 Å². The van der Waals surface area contributed by atoms with Gasteiger partial charge < -0.3 is 9.68 Å². The Morgan fingerprint density at radius 2 is 1.08 bits per heavy atom. The first-order valence-corrected chi connectivity index (χ1v) is 13.7. The number of aromatic nitrogens is 4. The molecular formula is C30H22F8N8O7. The SMILES string of the molecule is CO/N=C/c1cc(-n2c(=O)cc(C(F)(F)F)n(C)c2=O)c(F)cc1C#N.CON.Cn1c(C(F)(F)F)cc(=O)n(-c2cc(C=O)c(C#N)cc2F)c1=O. The van der Waals surface area contributed by atoms with E-state index in [4.69, 9.17) is 10.5 Å². The number of oxime groups is 1. The van der Waals surface area contributed by atoms with Crippen LogP contribution in [0.3, 0.4) is 0 Å². The minimum absolute atomic E-state index is 0.000369. The smallest absolute Gasteiger partial charge is 0.399 e. The maximum Gasteiger partial charge on any atom is 0.431 e. The highest BCUT2D eigenvalue weighted by Crippen LogP contribution is 2.28. The summed E-state index contributed by atoms with van der Waals surface area (Å²) >= 11 is 0. The van der Waals surface area contributed by atoms with Gasteiger partial charge in [-0.15, -0.1) is 0 Å². The number of hydrogen-bond donors (Lipinski definition) is 1. The van der Waals surface area contributed by atoms with Gasteiger partial charge in [-0.2, -0.15) is 36.9 Å². The molecule has 2 aromatic carbocycles. The highest BCUT2D eigenvalue weighted by Gasteiger charge is 2.36. The summed E-state index contributed by atoms with van der Waals surface area (Å²) in [6, 6.07) is 6.58. The maximum atomic E-state index is 14.3. The van der Waals surface area contributed by atoms with Crippen molar-refractivity contribution in [3.8, 4) is 23.5 Å². The van der Waals surface area contributed by atoms with Crippen molar-refractivity contribution >= 4 is 12.5 Å². The van der Waals surface area contributed by atoms with Crippen molar-refractivity contribution in [1.29, 1.82) is 10.5 Å². The van der Waals surface area contributed by atoms with Crippen LogP contribution in [0.2, 0.25) is 0 Å². The number of nitriles is 2. The zero-order valence-corrected chi connectivity index (χ0v) is 27.2. The summed E-state index contributed by atoms with van der Waals surface area (Å²) in [5, 5.41) is 21.2. The van der Waals surface area contributed by atoms with Gasteiger partial charge in [0.25, 0.3) is 11.1 Å². The van der Waals surface area contributed by atoms with Gasteiger partial charge in [0.2, 0.25) is 0 Å². The molecule has 0 bridgehead atoms. The number of carbonyl (C=O) groups excluding carboxylic acids is 1. The van der Waals surface area contributed by atoms with Crippen molar-refractivity contribution in [3.05, 3.63) is 123 Å². The predicted octanol–water partition coefficient (Wildman–Crippen LogP) is 2.43. The standard InChI is InChI=1S/C15H10F4N4O3.C14H7F4N3O3.CH5NO/c1-22-12(15(17,18)19)5-13(24)23(14(22)25)11-4-9(7-21-26-2)8(6-20)3-10(11)16;1-20-11(14(16,17)18)4-12(23)21(13(20)24)10-3-8(6-22)7(5-19)2-9(10)15;1-3-2/h3-5,7H,1-2H3;2-4,6H,1H3;2H2,1H3/b21-7+;;. The molecule has 0 aliphatic rings. The number of hydrogen-bond acceptors (Lipinski definition) is 11. The largest absolute Gasteiger partial charge is 0.431 e. The van der Waals surface area contributed by atoms with Crippen molar-refractivity contribution < 1.29 is 49.6 Å². The Kier molecular flexibility index (Phi) is 13.6. The number of rotatable bonds is 5. The van der Waals surface area contributed by atoms with E-state index in [2.05, 4.69) is 20.7 Å². The molecule has 0 unspecified atom stereocenters. The summed E-state index contributed by atoms with van der Waals surface area (Å²) in [5.74, 6) is 1.99. The first kappa shape index (κ1) is 42.4. The molecule has 0 atom stereocenters. The summed E-state index contributed by atoms with van der Waals surface area (Å²) in [6.07, 6.45) is -8.67. The molecule has 15 nitrogen and oxygen atoms in total. The average molecular weight is 759 g/mol. The zero-order valence-electron chi connectivity index (χ0n) is 27.2. The normalized spacial score (nSPS) is 11.1. The Morgan fingerprint density at radius 1 is 0.717 bits per heavy atom. The number of nitrogens with two attached hydrogens (primary N) is 1. The minimum atomic E-state index is -4.96. The fourth-order valence-electron chi connectivity index (χ4n) is 4.24. The third kappa shape index (κ3) is 9.34. The summed E-state index contributed by atoms with van der Waals surface area (Å²) in [6.45, 7) is 0. The van der Waals surface area contributed by atoms with E-state index in [9.17, 15) is 59.1 Å². The van der Waals surface area contributed by atoms with Crippen molar-refractivity contribution in [3.63, 3.8) is 0 Å². The van der Waals surface area contributed by atoms with Gasteiger partial charge in [0.05, 0.1) is 48.0 Å². The van der Waals surface area contributed by atoms with Gasteiger partial charge in [0, 0.05) is 37.4 Å². The van der Waals surface area contributed by atoms with Crippen LogP contribution in [0.15, 0.2) is 60.7 Å². The van der Waals surface area contributed by atoms with Crippen molar-refractivity contribution in [2.75, 3.05) is 14.2 Å². The van der Waals surface area contributed by atoms with Crippen molar-refractivity contribution in [2.45, 2.75) is 12.4 Å². The lowest BCUT2D eigenvalue weighted by atomic mass is 10.1. The molecule has 0 saturated heterocycles. The molecule has 0 spiro atoms.